The molecular formula is C36H32FN2OSi+. The van der Waals surface area contributed by atoms with Gasteiger partial charge in [-0.2, -0.15) is 9.83 Å². The average Bonchev–Trinajstić information content (AvgIpc) is 3.35. The standard InChI is InChI=1S/C36H32FN2OSi/c1-22-7-17-29-30-18-14-27(20-38)34(36(30)40-35(29)33(22)32-19-23(2)31(37)21-39(32)3)26-10-8-24(9-11-26)25-12-15-28(16-13-25)41(4,5)6/h7-19,21H,1-6H3/q+1/i2D3. The van der Waals surface area contributed by atoms with Crippen molar-refractivity contribution < 1.29 is 17.5 Å². The first-order valence-electron chi connectivity index (χ1n) is 15.1. The van der Waals surface area contributed by atoms with Crippen LogP contribution in [0.25, 0.3) is 55.4 Å². The maximum Gasteiger partial charge on any atom is 0.216 e. The summed E-state index contributed by atoms with van der Waals surface area (Å²) in [6.45, 7) is 6.30. The van der Waals surface area contributed by atoms with Crippen LogP contribution in [0.2, 0.25) is 19.6 Å². The Hall–Kier alpha value is -4.53. The number of pyridine rings is 1. The van der Waals surface area contributed by atoms with Gasteiger partial charge in [-0.3, -0.25) is 0 Å². The van der Waals surface area contributed by atoms with Gasteiger partial charge in [-0.25, -0.2) is 4.39 Å². The summed E-state index contributed by atoms with van der Waals surface area (Å²) in [5.41, 5.74) is 7.05. The highest BCUT2D eigenvalue weighted by Crippen LogP contribution is 2.42. The molecule has 0 amide bonds. The predicted molar refractivity (Wildman–Crippen MR) is 168 cm³/mol. The monoisotopic (exact) mass is 558 g/mol. The molecule has 41 heavy (non-hydrogen) atoms. The van der Waals surface area contributed by atoms with E-state index in [0.29, 0.717) is 33.6 Å². The van der Waals surface area contributed by atoms with E-state index in [-0.39, 0.29) is 5.56 Å². The van der Waals surface area contributed by atoms with Gasteiger partial charge in [-0.15, -0.1) is 0 Å². The Bertz CT molecular complexity index is 2120. The van der Waals surface area contributed by atoms with Crippen LogP contribution in [0.15, 0.2) is 89.5 Å². The van der Waals surface area contributed by atoms with E-state index in [0.717, 1.165) is 33.0 Å². The fourth-order valence-corrected chi connectivity index (χ4v) is 6.72. The Morgan fingerprint density at radius 2 is 1.39 bits per heavy atom. The van der Waals surface area contributed by atoms with Crippen LogP contribution >= 0.6 is 0 Å². The van der Waals surface area contributed by atoms with Crippen LogP contribution in [-0.2, 0) is 7.05 Å². The predicted octanol–water partition coefficient (Wildman–Crippen LogP) is 8.58. The number of benzene rings is 4. The number of rotatable bonds is 4. The summed E-state index contributed by atoms with van der Waals surface area (Å²) < 4.78 is 46.5. The highest BCUT2D eigenvalue weighted by molar-refractivity contribution is 6.88. The fourth-order valence-electron chi connectivity index (χ4n) is 5.56. The van der Waals surface area contributed by atoms with Crippen molar-refractivity contribution in [2.45, 2.75) is 33.4 Å². The molecule has 2 aromatic heterocycles. The number of hydrogen-bond donors (Lipinski definition) is 0. The molecule has 0 atom stereocenters. The number of aromatic nitrogens is 1. The summed E-state index contributed by atoms with van der Waals surface area (Å²) in [5.74, 6) is -0.790. The van der Waals surface area contributed by atoms with E-state index in [9.17, 15) is 9.65 Å². The number of hydrogen-bond acceptors (Lipinski definition) is 2. The van der Waals surface area contributed by atoms with Crippen molar-refractivity contribution in [2.24, 2.45) is 7.05 Å². The number of halogens is 1. The van der Waals surface area contributed by atoms with Gasteiger partial charge in [0.1, 0.15) is 18.2 Å². The Labute approximate surface area is 245 Å². The molecule has 0 saturated heterocycles. The lowest BCUT2D eigenvalue weighted by molar-refractivity contribution is -0.662. The number of fused-ring (bicyclic) bond motifs is 3. The zero-order chi connectivity index (χ0) is 31.6. The zero-order valence-electron chi connectivity index (χ0n) is 26.8. The van der Waals surface area contributed by atoms with Gasteiger partial charge in [0.2, 0.25) is 11.9 Å². The Balaban J connectivity index is 1.53. The summed E-state index contributed by atoms with van der Waals surface area (Å²) in [4.78, 5) is 0. The second-order valence-electron chi connectivity index (χ2n) is 11.6. The highest BCUT2D eigenvalue weighted by Gasteiger charge is 2.24. The molecule has 6 aromatic rings. The van der Waals surface area contributed by atoms with E-state index in [2.05, 4.69) is 62.1 Å². The van der Waals surface area contributed by atoms with Gasteiger partial charge in [-0.05, 0) is 53.7 Å². The van der Waals surface area contributed by atoms with Gasteiger partial charge in [0.15, 0.2) is 5.82 Å². The minimum absolute atomic E-state index is 0.346. The maximum atomic E-state index is 14.7. The van der Waals surface area contributed by atoms with Crippen molar-refractivity contribution >= 4 is 35.2 Å². The first-order valence-corrected chi connectivity index (χ1v) is 17.1. The molecule has 0 unspecified atom stereocenters. The molecule has 0 fully saturated rings. The molecule has 2 heterocycles. The van der Waals surface area contributed by atoms with Crippen molar-refractivity contribution in [2.75, 3.05) is 0 Å². The maximum absolute atomic E-state index is 14.7. The quantitative estimate of drug-likeness (QED) is 0.161. The third kappa shape index (κ3) is 4.55. The lowest BCUT2D eigenvalue weighted by atomic mass is 9.94. The fraction of sp³-hybridized carbons (Fsp3) is 0.167. The third-order valence-corrected chi connectivity index (χ3v) is 9.94. The summed E-state index contributed by atoms with van der Waals surface area (Å²) in [5, 5.41) is 13.2. The SMILES string of the molecule is [2H]C([2H])([2H])c1cc(-c2c(C)ccc3c2oc2c(-c4ccc(-c5ccc([Si](C)(C)C)cc5)cc4)c(C#N)ccc23)[n+](C)cc1F. The Kier molecular flexibility index (Phi) is 5.56. The summed E-state index contributed by atoms with van der Waals surface area (Å²) in [6, 6.07) is 28.2. The average molecular weight is 559 g/mol. The molecule has 0 aliphatic carbocycles. The van der Waals surface area contributed by atoms with Crippen LogP contribution in [0.5, 0.6) is 0 Å². The van der Waals surface area contributed by atoms with Crippen molar-refractivity contribution in [3.05, 3.63) is 108 Å². The second kappa shape index (κ2) is 9.83. The summed E-state index contributed by atoms with van der Waals surface area (Å²) in [7, 11) is 0.291. The van der Waals surface area contributed by atoms with Gasteiger partial charge < -0.3 is 4.42 Å². The highest BCUT2D eigenvalue weighted by atomic mass is 28.3. The molecule has 0 aliphatic heterocycles. The normalized spacial score (nSPS) is 13.1. The molecule has 4 aromatic carbocycles. The van der Waals surface area contributed by atoms with Crippen molar-refractivity contribution in [3.63, 3.8) is 0 Å². The molecule has 202 valence electrons. The van der Waals surface area contributed by atoms with Crippen molar-refractivity contribution in [1.29, 1.82) is 5.26 Å². The van der Waals surface area contributed by atoms with Crippen molar-refractivity contribution in [3.8, 4) is 39.6 Å². The molecule has 0 spiro atoms. The second-order valence-corrected chi connectivity index (χ2v) is 16.7. The number of nitriles is 1. The molecule has 0 aliphatic rings. The van der Waals surface area contributed by atoms with Crippen LogP contribution in [0, 0.1) is 30.9 Å². The van der Waals surface area contributed by atoms with Crippen molar-refractivity contribution in [1.82, 2.24) is 0 Å². The smallest absolute Gasteiger partial charge is 0.216 e. The molecule has 0 bridgehead atoms. The van der Waals surface area contributed by atoms with E-state index in [1.165, 1.54) is 17.4 Å². The minimum Gasteiger partial charge on any atom is -0.454 e. The number of furan rings is 1. The first kappa shape index (κ1) is 23.2. The molecular weight excluding hydrogens is 523 g/mol. The minimum atomic E-state index is -2.61. The van der Waals surface area contributed by atoms with Crippen LogP contribution in [0.4, 0.5) is 4.39 Å². The largest absolute Gasteiger partial charge is 0.454 e. The summed E-state index contributed by atoms with van der Waals surface area (Å²) >= 11 is 0. The van der Waals surface area contributed by atoms with E-state index >= 15 is 0 Å². The van der Waals surface area contributed by atoms with Crippen LogP contribution in [0.1, 0.15) is 20.8 Å². The zero-order valence-corrected chi connectivity index (χ0v) is 24.8. The Morgan fingerprint density at radius 3 is 2.00 bits per heavy atom. The molecule has 0 N–H and O–H groups in total. The lowest BCUT2D eigenvalue weighted by Gasteiger charge is -2.16. The van der Waals surface area contributed by atoms with E-state index in [1.54, 1.807) is 17.7 Å². The summed E-state index contributed by atoms with van der Waals surface area (Å²) in [6.07, 6.45) is 1.19. The molecule has 0 radical (unpaired) electrons. The third-order valence-electron chi connectivity index (χ3n) is 7.88. The first-order chi connectivity index (χ1) is 20.8. The molecule has 3 nitrogen and oxygen atoms in total. The molecule has 0 saturated carbocycles. The van der Waals surface area contributed by atoms with Gasteiger partial charge in [0.25, 0.3) is 0 Å². The number of aryl methyl sites for hydroxylation is 3. The van der Waals surface area contributed by atoms with Crippen LogP contribution in [0.3, 0.4) is 0 Å². The molecule has 5 heteroatoms. The van der Waals surface area contributed by atoms with Gasteiger partial charge in [0, 0.05) is 26.5 Å². The van der Waals surface area contributed by atoms with Crippen LogP contribution < -0.4 is 9.75 Å². The van der Waals surface area contributed by atoms with E-state index in [1.807, 2.05) is 37.3 Å². The van der Waals surface area contributed by atoms with E-state index < -0.39 is 20.7 Å². The Morgan fingerprint density at radius 1 is 0.805 bits per heavy atom. The van der Waals surface area contributed by atoms with E-state index in [4.69, 9.17) is 8.53 Å². The topological polar surface area (TPSA) is 40.8 Å². The molecule has 6 rings (SSSR count). The van der Waals surface area contributed by atoms with Gasteiger partial charge in [0.05, 0.1) is 25.3 Å². The lowest BCUT2D eigenvalue weighted by Crippen LogP contribution is -2.37. The van der Waals surface area contributed by atoms with Gasteiger partial charge >= 0.3 is 0 Å². The number of nitrogens with zero attached hydrogens (tertiary/aromatic N) is 2. The van der Waals surface area contributed by atoms with Crippen LogP contribution in [-0.4, -0.2) is 8.07 Å². The van der Waals surface area contributed by atoms with Gasteiger partial charge in [-0.1, -0.05) is 85.5 Å².